The van der Waals surface area contributed by atoms with Gasteiger partial charge in [-0.05, 0) is 44.0 Å². The van der Waals surface area contributed by atoms with Crippen LogP contribution in [0.5, 0.6) is 11.5 Å². The highest BCUT2D eigenvalue weighted by molar-refractivity contribution is 5.79. The Hall–Kier alpha value is -1.99. The third kappa shape index (κ3) is 7.49. The lowest BCUT2D eigenvalue weighted by Crippen LogP contribution is -2.42. The van der Waals surface area contributed by atoms with Crippen molar-refractivity contribution in [2.75, 3.05) is 47.1 Å². The van der Waals surface area contributed by atoms with Gasteiger partial charge >= 0.3 is 0 Å². The van der Waals surface area contributed by atoms with Gasteiger partial charge in [0.05, 0.1) is 26.4 Å². The number of methoxy groups -OCH3 is 1. The van der Waals surface area contributed by atoms with Gasteiger partial charge in [-0.15, -0.1) is 0 Å². The second kappa shape index (κ2) is 11.6. The average Bonchev–Trinajstić information content (AvgIpc) is 3.18. The molecule has 146 valence electrons. The Morgan fingerprint density at radius 1 is 1.27 bits per heavy atom. The van der Waals surface area contributed by atoms with Crippen molar-refractivity contribution in [3.8, 4) is 11.5 Å². The Morgan fingerprint density at radius 2 is 2.04 bits per heavy atom. The van der Waals surface area contributed by atoms with E-state index < -0.39 is 0 Å². The molecule has 2 atom stereocenters. The SMILES string of the molecule is CN=C(NCCCOC1CCOC1)NCC(C)Oc1ccc(OC)cc1. The molecule has 2 N–H and O–H groups in total. The van der Waals surface area contributed by atoms with Gasteiger partial charge in [-0.1, -0.05) is 0 Å². The number of benzene rings is 1. The van der Waals surface area contributed by atoms with Crippen LogP contribution in [0.2, 0.25) is 0 Å². The number of ether oxygens (including phenoxy) is 4. The molecule has 0 aliphatic carbocycles. The predicted octanol–water partition coefficient (Wildman–Crippen LogP) is 1.82. The highest BCUT2D eigenvalue weighted by Gasteiger charge is 2.15. The largest absolute Gasteiger partial charge is 0.497 e. The Kier molecular flexibility index (Phi) is 9.06. The van der Waals surface area contributed by atoms with E-state index in [0.29, 0.717) is 6.54 Å². The molecule has 1 aliphatic rings. The maximum absolute atomic E-state index is 5.88. The van der Waals surface area contributed by atoms with Crippen molar-refractivity contribution in [2.45, 2.75) is 32.0 Å². The molecule has 1 aromatic rings. The highest BCUT2D eigenvalue weighted by atomic mass is 16.5. The van der Waals surface area contributed by atoms with Gasteiger partial charge in [0.2, 0.25) is 0 Å². The first kappa shape index (κ1) is 20.3. The molecule has 2 rings (SSSR count). The van der Waals surface area contributed by atoms with Gasteiger partial charge in [-0.3, -0.25) is 4.99 Å². The molecule has 0 aromatic heterocycles. The van der Waals surface area contributed by atoms with Crippen LogP contribution in [0.4, 0.5) is 0 Å². The van der Waals surface area contributed by atoms with Gasteiger partial charge in [-0.2, -0.15) is 0 Å². The van der Waals surface area contributed by atoms with Crippen molar-refractivity contribution in [1.29, 1.82) is 0 Å². The van der Waals surface area contributed by atoms with Crippen molar-refractivity contribution in [3.05, 3.63) is 24.3 Å². The topological polar surface area (TPSA) is 73.3 Å². The van der Waals surface area contributed by atoms with Crippen molar-refractivity contribution in [2.24, 2.45) is 4.99 Å². The van der Waals surface area contributed by atoms with Crippen LogP contribution in [0.1, 0.15) is 19.8 Å². The Morgan fingerprint density at radius 3 is 2.69 bits per heavy atom. The van der Waals surface area contributed by atoms with Gasteiger partial charge in [-0.25, -0.2) is 0 Å². The Labute approximate surface area is 156 Å². The van der Waals surface area contributed by atoms with Crippen LogP contribution in [-0.4, -0.2) is 65.2 Å². The first-order chi connectivity index (χ1) is 12.7. The second-order valence-corrected chi connectivity index (χ2v) is 6.19. The van der Waals surface area contributed by atoms with Crippen molar-refractivity contribution < 1.29 is 18.9 Å². The zero-order chi connectivity index (χ0) is 18.6. The third-order valence-corrected chi connectivity index (χ3v) is 4.03. The number of hydrogen-bond acceptors (Lipinski definition) is 5. The summed E-state index contributed by atoms with van der Waals surface area (Å²) in [4.78, 5) is 4.23. The molecule has 1 aliphatic heterocycles. The van der Waals surface area contributed by atoms with Gasteiger partial charge in [0, 0.05) is 26.8 Å². The third-order valence-electron chi connectivity index (χ3n) is 4.03. The fourth-order valence-electron chi connectivity index (χ4n) is 2.56. The molecule has 1 heterocycles. The molecule has 1 aromatic carbocycles. The van der Waals surface area contributed by atoms with Crippen LogP contribution in [-0.2, 0) is 9.47 Å². The number of guanidine groups is 1. The number of nitrogens with zero attached hydrogens (tertiary/aromatic N) is 1. The van der Waals surface area contributed by atoms with E-state index in [0.717, 1.165) is 56.7 Å². The summed E-state index contributed by atoms with van der Waals surface area (Å²) < 4.78 is 22.1. The lowest BCUT2D eigenvalue weighted by atomic mass is 10.3. The summed E-state index contributed by atoms with van der Waals surface area (Å²) in [5.41, 5.74) is 0. The van der Waals surface area contributed by atoms with E-state index in [2.05, 4.69) is 15.6 Å². The zero-order valence-corrected chi connectivity index (χ0v) is 16.0. The number of nitrogens with one attached hydrogen (secondary N) is 2. The van der Waals surface area contributed by atoms with Gasteiger partial charge in [0.15, 0.2) is 5.96 Å². The molecule has 26 heavy (non-hydrogen) atoms. The first-order valence-electron chi connectivity index (χ1n) is 9.16. The summed E-state index contributed by atoms with van der Waals surface area (Å²) in [6, 6.07) is 7.57. The Balaban J connectivity index is 1.57. The summed E-state index contributed by atoms with van der Waals surface area (Å²) >= 11 is 0. The molecular formula is C19H31N3O4. The van der Waals surface area contributed by atoms with Crippen LogP contribution >= 0.6 is 0 Å². The van der Waals surface area contributed by atoms with Gasteiger partial charge in [0.1, 0.15) is 17.6 Å². The minimum Gasteiger partial charge on any atom is -0.497 e. The molecular weight excluding hydrogens is 334 g/mol. The summed E-state index contributed by atoms with van der Waals surface area (Å²) in [6.45, 7) is 5.75. The zero-order valence-electron chi connectivity index (χ0n) is 16.0. The molecule has 7 heteroatoms. The van der Waals surface area contributed by atoms with Crippen LogP contribution in [0.3, 0.4) is 0 Å². The maximum atomic E-state index is 5.88. The number of hydrogen-bond donors (Lipinski definition) is 2. The monoisotopic (exact) mass is 365 g/mol. The van der Waals surface area contributed by atoms with Gasteiger partial charge in [0.25, 0.3) is 0 Å². The number of aliphatic imine (C=N–C) groups is 1. The minimum absolute atomic E-state index is 0.00708. The van der Waals surface area contributed by atoms with E-state index in [9.17, 15) is 0 Å². The quantitative estimate of drug-likeness (QED) is 0.374. The highest BCUT2D eigenvalue weighted by Crippen LogP contribution is 2.17. The molecule has 0 spiro atoms. The van der Waals surface area contributed by atoms with Crippen molar-refractivity contribution in [1.82, 2.24) is 10.6 Å². The fourth-order valence-corrected chi connectivity index (χ4v) is 2.56. The van der Waals surface area contributed by atoms with E-state index in [-0.39, 0.29) is 12.2 Å². The lowest BCUT2D eigenvalue weighted by Gasteiger charge is -2.18. The molecule has 7 nitrogen and oxygen atoms in total. The normalized spacial score (nSPS) is 18.4. The van der Waals surface area contributed by atoms with Crippen LogP contribution in [0, 0.1) is 0 Å². The molecule has 0 radical (unpaired) electrons. The minimum atomic E-state index is 0.00708. The lowest BCUT2D eigenvalue weighted by molar-refractivity contribution is 0.0420. The maximum Gasteiger partial charge on any atom is 0.191 e. The standard InChI is InChI=1S/C19H31N3O4/c1-15(26-17-7-5-16(23-3)6-8-17)13-22-19(20-2)21-10-4-11-25-18-9-12-24-14-18/h5-8,15,18H,4,9-14H2,1-3H3,(H2,20,21,22). The van der Waals surface area contributed by atoms with E-state index in [1.807, 2.05) is 31.2 Å². The van der Waals surface area contributed by atoms with Crippen LogP contribution < -0.4 is 20.1 Å². The van der Waals surface area contributed by atoms with E-state index >= 15 is 0 Å². The molecule has 0 saturated carbocycles. The molecule has 0 amide bonds. The Bertz CT molecular complexity index is 530. The summed E-state index contributed by atoms with van der Waals surface area (Å²) in [5, 5.41) is 6.56. The molecule has 1 saturated heterocycles. The van der Waals surface area contributed by atoms with Crippen LogP contribution in [0.15, 0.2) is 29.3 Å². The van der Waals surface area contributed by atoms with E-state index in [1.54, 1.807) is 14.2 Å². The van der Waals surface area contributed by atoms with Crippen LogP contribution in [0.25, 0.3) is 0 Å². The van der Waals surface area contributed by atoms with Crippen molar-refractivity contribution in [3.63, 3.8) is 0 Å². The predicted molar refractivity (Wildman–Crippen MR) is 102 cm³/mol. The number of rotatable bonds is 10. The van der Waals surface area contributed by atoms with Gasteiger partial charge < -0.3 is 29.6 Å². The molecule has 2 unspecified atom stereocenters. The smallest absolute Gasteiger partial charge is 0.191 e. The summed E-state index contributed by atoms with van der Waals surface area (Å²) in [6.07, 6.45) is 2.20. The molecule has 1 fully saturated rings. The summed E-state index contributed by atoms with van der Waals surface area (Å²) in [5.74, 6) is 2.40. The summed E-state index contributed by atoms with van der Waals surface area (Å²) in [7, 11) is 3.41. The van der Waals surface area contributed by atoms with E-state index in [4.69, 9.17) is 18.9 Å². The first-order valence-corrected chi connectivity index (χ1v) is 9.16. The average molecular weight is 365 g/mol. The molecule has 0 bridgehead atoms. The second-order valence-electron chi connectivity index (χ2n) is 6.19. The fraction of sp³-hybridized carbons (Fsp3) is 0.632. The van der Waals surface area contributed by atoms with E-state index in [1.165, 1.54) is 0 Å². The van der Waals surface area contributed by atoms with Crippen molar-refractivity contribution >= 4 is 5.96 Å².